The van der Waals surface area contributed by atoms with E-state index >= 15 is 0 Å². The highest BCUT2D eigenvalue weighted by Crippen LogP contribution is 2.29. The molecule has 2 heteroatoms. The van der Waals surface area contributed by atoms with Crippen molar-refractivity contribution in [2.24, 2.45) is 5.92 Å². The van der Waals surface area contributed by atoms with Gasteiger partial charge in [-0.2, -0.15) is 0 Å². The monoisotopic (exact) mass is 180 g/mol. The molecule has 2 atom stereocenters. The number of halogens is 2. The van der Waals surface area contributed by atoms with E-state index in [2.05, 4.69) is 0 Å². The molecule has 0 bridgehead atoms. The molecule has 0 aromatic carbocycles. The zero-order valence-corrected chi connectivity index (χ0v) is 7.67. The summed E-state index contributed by atoms with van der Waals surface area (Å²) in [6, 6.07) is 0. The van der Waals surface area contributed by atoms with Crippen molar-refractivity contribution < 1.29 is 0 Å². The van der Waals surface area contributed by atoms with Crippen molar-refractivity contribution in [3.8, 4) is 0 Å². The summed E-state index contributed by atoms with van der Waals surface area (Å²) in [5.74, 6) is 1.61. The maximum Gasteiger partial charge on any atom is 0.0338 e. The van der Waals surface area contributed by atoms with Crippen LogP contribution in [0.2, 0.25) is 0 Å². The fraction of sp³-hybridized carbons (Fsp3) is 1.00. The Hall–Kier alpha value is 0.580. The van der Waals surface area contributed by atoms with Crippen LogP contribution >= 0.6 is 23.2 Å². The Morgan fingerprint density at radius 3 is 2.70 bits per heavy atom. The SMILES string of the molecule is ClCCC1CCCC(Cl)C1. The van der Waals surface area contributed by atoms with Crippen molar-refractivity contribution >= 4 is 23.2 Å². The normalized spacial score (nSPS) is 34.2. The molecule has 0 radical (unpaired) electrons. The zero-order chi connectivity index (χ0) is 7.40. The predicted molar refractivity (Wildman–Crippen MR) is 46.9 cm³/mol. The third-order valence-electron chi connectivity index (χ3n) is 2.24. The molecular formula is C8H14Cl2. The first-order valence-electron chi connectivity index (χ1n) is 4.03. The molecule has 2 unspecified atom stereocenters. The standard InChI is InChI=1S/C8H14Cl2/c9-5-4-7-2-1-3-8(10)6-7/h7-8H,1-6H2. The molecule has 0 nitrogen and oxygen atoms in total. The van der Waals surface area contributed by atoms with Crippen LogP contribution in [0.25, 0.3) is 0 Å². The van der Waals surface area contributed by atoms with E-state index < -0.39 is 0 Å². The lowest BCUT2D eigenvalue weighted by Gasteiger charge is -2.24. The first-order valence-corrected chi connectivity index (χ1v) is 5.00. The summed E-state index contributed by atoms with van der Waals surface area (Å²) in [6.45, 7) is 0. The van der Waals surface area contributed by atoms with E-state index in [0.29, 0.717) is 5.38 Å². The first kappa shape index (κ1) is 8.67. The zero-order valence-electron chi connectivity index (χ0n) is 6.15. The molecule has 60 valence electrons. The Morgan fingerprint density at radius 1 is 1.30 bits per heavy atom. The van der Waals surface area contributed by atoms with Gasteiger partial charge in [-0.05, 0) is 25.2 Å². The lowest BCUT2D eigenvalue weighted by Crippen LogP contribution is -2.15. The number of hydrogen-bond donors (Lipinski definition) is 0. The van der Waals surface area contributed by atoms with Gasteiger partial charge in [0, 0.05) is 11.3 Å². The van der Waals surface area contributed by atoms with Crippen molar-refractivity contribution in [2.45, 2.75) is 37.5 Å². The van der Waals surface area contributed by atoms with Gasteiger partial charge < -0.3 is 0 Å². The highest BCUT2D eigenvalue weighted by molar-refractivity contribution is 6.20. The van der Waals surface area contributed by atoms with Gasteiger partial charge in [0.15, 0.2) is 0 Å². The third kappa shape index (κ3) is 2.67. The fourth-order valence-corrected chi connectivity index (χ4v) is 2.36. The van der Waals surface area contributed by atoms with Gasteiger partial charge in [-0.3, -0.25) is 0 Å². The molecule has 1 saturated carbocycles. The van der Waals surface area contributed by atoms with Crippen LogP contribution < -0.4 is 0 Å². The van der Waals surface area contributed by atoms with Gasteiger partial charge in [0.1, 0.15) is 0 Å². The summed E-state index contributed by atoms with van der Waals surface area (Å²) < 4.78 is 0. The number of alkyl halides is 2. The maximum atomic E-state index is 6.00. The second-order valence-corrected chi connectivity index (χ2v) is 4.10. The number of hydrogen-bond acceptors (Lipinski definition) is 0. The molecule has 1 aliphatic rings. The van der Waals surface area contributed by atoms with Gasteiger partial charge in [0.05, 0.1) is 0 Å². The van der Waals surface area contributed by atoms with Crippen LogP contribution in [0.15, 0.2) is 0 Å². The van der Waals surface area contributed by atoms with Crippen molar-refractivity contribution in [1.82, 2.24) is 0 Å². The molecule has 0 N–H and O–H groups in total. The largest absolute Gasteiger partial charge is 0.127 e. The Morgan fingerprint density at radius 2 is 2.10 bits per heavy atom. The Bertz CT molecular complexity index is 91.3. The van der Waals surface area contributed by atoms with Crippen molar-refractivity contribution in [2.75, 3.05) is 5.88 Å². The molecule has 1 aliphatic carbocycles. The summed E-state index contributed by atoms with van der Waals surface area (Å²) in [6.07, 6.45) is 6.20. The van der Waals surface area contributed by atoms with Crippen LogP contribution in [0.4, 0.5) is 0 Å². The lowest BCUT2D eigenvalue weighted by molar-refractivity contribution is 0.356. The van der Waals surface area contributed by atoms with Gasteiger partial charge in [-0.15, -0.1) is 23.2 Å². The highest BCUT2D eigenvalue weighted by atomic mass is 35.5. The molecule has 0 aromatic heterocycles. The Labute approximate surface area is 72.9 Å². The van der Waals surface area contributed by atoms with Crippen LogP contribution in [-0.2, 0) is 0 Å². The fourth-order valence-electron chi connectivity index (χ4n) is 1.64. The average Bonchev–Trinajstić information content (AvgIpc) is 1.88. The summed E-state index contributed by atoms with van der Waals surface area (Å²) in [4.78, 5) is 0. The minimum Gasteiger partial charge on any atom is -0.127 e. The number of rotatable bonds is 2. The molecule has 0 heterocycles. The minimum atomic E-state index is 0.432. The van der Waals surface area contributed by atoms with Crippen molar-refractivity contribution in [1.29, 1.82) is 0 Å². The Kier molecular flexibility index (Phi) is 3.87. The maximum absolute atomic E-state index is 6.00. The van der Waals surface area contributed by atoms with Crippen molar-refractivity contribution in [3.63, 3.8) is 0 Å². The van der Waals surface area contributed by atoms with E-state index in [1.165, 1.54) is 25.7 Å². The van der Waals surface area contributed by atoms with Crippen LogP contribution in [0.5, 0.6) is 0 Å². The van der Waals surface area contributed by atoms with E-state index in [-0.39, 0.29) is 0 Å². The smallest absolute Gasteiger partial charge is 0.0338 e. The van der Waals surface area contributed by atoms with Crippen LogP contribution in [0.3, 0.4) is 0 Å². The van der Waals surface area contributed by atoms with Gasteiger partial charge >= 0.3 is 0 Å². The average molecular weight is 181 g/mol. The molecule has 10 heavy (non-hydrogen) atoms. The highest BCUT2D eigenvalue weighted by Gasteiger charge is 2.19. The summed E-state index contributed by atoms with van der Waals surface area (Å²) >= 11 is 11.6. The summed E-state index contributed by atoms with van der Waals surface area (Å²) in [5, 5.41) is 0.432. The molecule has 0 aromatic rings. The van der Waals surface area contributed by atoms with Gasteiger partial charge in [0.2, 0.25) is 0 Å². The van der Waals surface area contributed by atoms with E-state index in [0.717, 1.165) is 18.2 Å². The Balaban J connectivity index is 2.18. The van der Waals surface area contributed by atoms with Crippen LogP contribution in [-0.4, -0.2) is 11.3 Å². The lowest BCUT2D eigenvalue weighted by atomic mass is 9.87. The molecule has 0 saturated heterocycles. The molecule has 1 rings (SSSR count). The topological polar surface area (TPSA) is 0 Å². The summed E-state index contributed by atoms with van der Waals surface area (Å²) in [7, 11) is 0. The van der Waals surface area contributed by atoms with Crippen molar-refractivity contribution in [3.05, 3.63) is 0 Å². The molecular weight excluding hydrogens is 167 g/mol. The van der Waals surface area contributed by atoms with Gasteiger partial charge in [-0.1, -0.05) is 12.8 Å². The van der Waals surface area contributed by atoms with Gasteiger partial charge in [0.25, 0.3) is 0 Å². The molecule has 0 amide bonds. The predicted octanol–water partition coefficient (Wildman–Crippen LogP) is 3.41. The molecule has 1 fully saturated rings. The second-order valence-electron chi connectivity index (χ2n) is 3.11. The van der Waals surface area contributed by atoms with E-state index in [1.54, 1.807) is 0 Å². The van der Waals surface area contributed by atoms with E-state index in [1.807, 2.05) is 0 Å². The van der Waals surface area contributed by atoms with E-state index in [4.69, 9.17) is 23.2 Å². The molecule has 0 aliphatic heterocycles. The van der Waals surface area contributed by atoms with Gasteiger partial charge in [-0.25, -0.2) is 0 Å². The molecule has 0 spiro atoms. The first-order chi connectivity index (χ1) is 4.83. The minimum absolute atomic E-state index is 0.432. The van der Waals surface area contributed by atoms with Crippen LogP contribution in [0, 0.1) is 5.92 Å². The third-order valence-corrected chi connectivity index (χ3v) is 2.85. The summed E-state index contributed by atoms with van der Waals surface area (Å²) in [5.41, 5.74) is 0. The van der Waals surface area contributed by atoms with Crippen LogP contribution in [0.1, 0.15) is 32.1 Å². The van der Waals surface area contributed by atoms with E-state index in [9.17, 15) is 0 Å². The second kappa shape index (κ2) is 4.46. The quantitative estimate of drug-likeness (QED) is 0.572.